The molecule has 27 heavy (non-hydrogen) atoms. The van der Waals surface area contributed by atoms with Crippen LogP contribution in [0.25, 0.3) is 0 Å². The van der Waals surface area contributed by atoms with Gasteiger partial charge in [0.25, 0.3) is 0 Å². The summed E-state index contributed by atoms with van der Waals surface area (Å²) in [6, 6.07) is 11.4. The topological polar surface area (TPSA) is 70.7 Å². The third-order valence-corrected chi connectivity index (χ3v) is 4.84. The monoisotopic (exact) mass is 407 g/mol. The maximum absolute atomic E-state index is 12.3. The second-order valence-corrected chi connectivity index (χ2v) is 6.87. The summed E-state index contributed by atoms with van der Waals surface area (Å²) in [4.78, 5) is 26.1. The first-order valence-electron chi connectivity index (χ1n) is 8.52. The van der Waals surface area contributed by atoms with E-state index >= 15 is 0 Å². The molecule has 8 heteroatoms. The molecular formula is C19H19Cl2N3O3. The molecule has 1 unspecified atom stereocenters. The maximum atomic E-state index is 12.3. The molecule has 0 aliphatic carbocycles. The first-order valence-corrected chi connectivity index (χ1v) is 9.27. The van der Waals surface area contributed by atoms with Gasteiger partial charge in [0.15, 0.2) is 0 Å². The Morgan fingerprint density at radius 3 is 2.59 bits per heavy atom. The third kappa shape index (κ3) is 4.84. The van der Waals surface area contributed by atoms with Gasteiger partial charge in [-0.3, -0.25) is 4.79 Å². The smallest absolute Gasteiger partial charge is 0.319 e. The highest BCUT2D eigenvalue weighted by Crippen LogP contribution is 2.26. The van der Waals surface area contributed by atoms with E-state index in [1.165, 1.54) is 0 Å². The number of carbonyl (C=O) groups excluding carboxylic acids is 2. The van der Waals surface area contributed by atoms with E-state index in [0.29, 0.717) is 28.9 Å². The molecule has 6 nitrogen and oxygen atoms in total. The molecule has 2 aromatic carbocycles. The Balaban J connectivity index is 1.58. The van der Waals surface area contributed by atoms with Crippen molar-refractivity contribution >= 4 is 46.5 Å². The number of nitrogens with zero attached hydrogens (tertiary/aromatic N) is 1. The Morgan fingerprint density at radius 2 is 1.93 bits per heavy atom. The summed E-state index contributed by atoms with van der Waals surface area (Å²) in [5, 5.41) is 6.26. The zero-order valence-electron chi connectivity index (χ0n) is 14.7. The van der Waals surface area contributed by atoms with Crippen LogP contribution in [0.15, 0.2) is 42.5 Å². The number of urea groups is 1. The quantitative estimate of drug-likeness (QED) is 0.774. The second kappa shape index (κ2) is 8.50. The van der Waals surface area contributed by atoms with Gasteiger partial charge in [0.1, 0.15) is 5.75 Å². The molecule has 0 bridgehead atoms. The van der Waals surface area contributed by atoms with Crippen LogP contribution in [-0.4, -0.2) is 31.1 Å². The molecule has 2 aromatic rings. The molecule has 1 saturated heterocycles. The fourth-order valence-electron chi connectivity index (χ4n) is 2.87. The van der Waals surface area contributed by atoms with Crippen molar-refractivity contribution in [2.75, 3.05) is 23.4 Å². The molecule has 1 aliphatic heterocycles. The van der Waals surface area contributed by atoms with E-state index < -0.39 is 6.03 Å². The van der Waals surface area contributed by atoms with Gasteiger partial charge in [-0.15, -0.1) is 0 Å². The third-order valence-electron chi connectivity index (χ3n) is 4.10. The average Bonchev–Trinajstić information content (AvgIpc) is 2.99. The van der Waals surface area contributed by atoms with Gasteiger partial charge in [-0.25, -0.2) is 4.79 Å². The Hall–Kier alpha value is -2.44. The molecule has 0 spiro atoms. The number of ether oxygens (including phenoxy) is 1. The van der Waals surface area contributed by atoms with Crippen LogP contribution >= 0.6 is 23.2 Å². The fraction of sp³-hybridized carbons (Fsp3) is 0.263. The molecule has 0 aromatic heterocycles. The van der Waals surface area contributed by atoms with Crippen LogP contribution in [0.2, 0.25) is 10.0 Å². The minimum atomic E-state index is -0.403. The number of benzene rings is 2. The van der Waals surface area contributed by atoms with Gasteiger partial charge in [-0.1, -0.05) is 23.2 Å². The number of rotatable bonds is 5. The molecule has 1 fully saturated rings. The summed E-state index contributed by atoms with van der Waals surface area (Å²) >= 11 is 11.8. The van der Waals surface area contributed by atoms with E-state index in [1.807, 2.05) is 31.2 Å². The molecule has 0 radical (unpaired) electrons. The highest BCUT2D eigenvalue weighted by Gasteiger charge is 2.31. The van der Waals surface area contributed by atoms with Crippen LogP contribution in [0.1, 0.15) is 13.3 Å². The Kier molecular flexibility index (Phi) is 6.08. The number of hydrogen-bond donors (Lipinski definition) is 2. The second-order valence-electron chi connectivity index (χ2n) is 6.06. The van der Waals surface area contributed by atoms with E-state index in [1.54, 1.807) is 23.1 Å². The zero-order chi connectivity index (χ0) is 19.4. The summed E-state index contributed by atoms with van der Waals surface area (Å²) in [6.45, 7) is 2.90. The molecular weight excluding hydrogens is 389 g/mol. The first-order chi connectivity index (χ1) is 13.0. The molecule has 2 N–H and O–H groups in total. The van der Waals surface area contributed by atoms with Gasteiger partial charge in [0, 0.05) is 24.3 Å². The van der Waals surface area contributed by atoms with Crippen LogP contribution in [-0.2, 0) is 4.79 Å². The van der Waals surface area contributed by atoms with Crippen molar-refractivity contribution in [3.8, 4) is 5.75 Å². The normalized spacial score (nSPS) is 16.3. The van der Waals surface area contributed by atoms with Gasteiger partial charge in [-0.2, -0.15) is 0 Å². The lowest BCUT2D eigenvalue weighted by Gasteiger charge is -2.18. The van der Waals surface area contributed by atoms with Crippen LogP contribution in [0, 0.1) is 0 Å². The van der Waals surface area contributed by atoms with Crippen LogP contribution in [0.5, 0.6) is 5.75 Å². The van der Waals surface area contributed by atoms with Crippen molar-refractivity contribution in [1.29, 1.82) is 0 Å². The Morgan fingerprint density at radius 1 is 1.19 bits per heavy atom. The van der Waals surface area contributed by atoms with Gasteiger partial charge in [0.05, 0.1) is 22.7 Å². The lowest BCUT2D eigenvalue weighted by Crippen LogP contribution is -2.39. The Labute approximate surface area is 167 Å². The van der Waals surface area contributed by atoms with E-state index in [-0.39, 0.29) is 18.4 Å². The highest BCUT2D eigenvalue weighted by atomic mass is 35.5. The SMILES string of the molecule is CCOc1ccc(N2CC(NC(=O)Nc3ccc(Cl)c(Cl)c3)CC2=O)cc1. The van der Waals surface area contributed by atoms with Crippen molar-refractivity contribution in [1.82, 2.24) is 5.32 Å². The van der Waals surface area contributed by atoms with E-state index in [9.17, 15) is 9.59 Å². The number of halogens is 2. The van der Waals surface area contributed by atoms with E-state index in [4.69, 9.17) is 27.9 Å². The zero-order valence-corrected chi connectivity index (χ0v) is 16.2. The summed E-state index contributed by atoms with van der Waals surface area (Å²) in [6.07, 6.45) is 0.238. The molecule has 3 rings (SSSR count). The van der Waals surface area contributed by atoms with Crippen LogP contribution in [0.4, 0.5) is 16.2 Å². The Bertz CT molecular complexity index is 843. The van der Waals surface area contributed by atoms with Gasteiger partial charge < -0.3 is 20.3 Å². The largest absolute Gasteiger partial charge is 0.494 e. The van der Waals surface area contributed by atoms with Gasteiger partial charge in [-0.05, 0) is 49.4 Å². The number of anilines is 2. The van der Waals surface area contributed by atoms with Crippen molar-refractivity contribution in [3.63, 3.8) is 0 Å². The molecule has 0 saturated carbocycles. The van der Waals surface area contributed by atoms with E-state index in [0.717, 1.165) is 11.4 Å². The number of carbonyl (C=O) groups is 2. The number of hydrogen-bond acceptors (Lipinski definition) is 3. The predicted molar refractivity (Wildman–Crippen MR) is 107 cm³/mol. The molecule has 142 valence electrons. The lowest BCUT2D eigenvalue weighted by molar-refractivity contribution is -0.117. The minimum Gasteiger partial charge on any atom is -0.494 e. The van der Waals surface area contributed by atoms with Crippen molar-refractivity contribution < 1.29 is 14.3 Å². The number of nitrogens with one attached hydrogen (secondary N) is 2. The van der Waals surface area contributed by atoms with Crippen molar-refractivity contribution in [2.45, 2.75) is 19.4 Å². The van der Waals surface area contributed by atoms with Crippen LogP contribution < -0.4 is 20.3 Å². The lowest BCUT2D eigenvalue weighted by atomic mass is 10.2. The van der Waals surface area contributed by atoms with Crippen molar-refractivity contribution in [3.05, 3.63) is 52.5 Å². The van der Waals surface area contributed by atoms with Crippen LogP contribution in [0.3, 0.4) is 0 Å². The van der Waals surface area contributed by atoms with E-state index in [2.05, 4.69) is 10.6 Å². The average molecular weight is 408 g/mol. The standard InChI is InChI=1S/C19H19Cl2N3O3/c1-2-27-15-6-4-14(5-7-15)24-11-13(10-18(24)25)23-19(26)22-12-3-8-16(20)17(21)9-12/h3-9,13H,2,10-11H2,1H3,(H2,22,23,26). The summed E-state index contributed by atoms with van der Waals surface area (Å²) in [5.74, 6) is 0.711. The maximum Gasteiger partial charge on any atom is 0.319 e. The molecule has 1 aliphatic rings. The molecule has 1 heterocycles. The van der Waals surface area contributed by atoms with Gasteiger partial charge >= 0.3 is 6.03 Å². The number of amides is 3. The summed E-state index contributed by atoms with van der Waals surface area (Å²) < 4.78 is 5.41. The van der Waals surface area contributed by atoms with Crippen molar-refractivity contribution in [2.24, 2.45) is 0 Å². The minimum absolute atomic E-state index is 0.0426. The highest BCUT2D eigenvalue weighted by molar-refractivity contribution is 6.42. The molecule has 1 atom stereocenters. The molecule has 3 amide bonds. The summed E-state index contributed by atoms with van der Waals surface area (Å²) in [7, 11) is 0. The van der Waals surface area contributed by atoms with Gasteiger partial charge in [0.2, 0.25) is 5.91 Å². The first kappa shape index (κ1) is 19.3. The summed E-state index contributed by atoms with van der Waals surface area (Å²) in [5.41, 5.74) is 1.30. The predicted octanol–water partition coefficient (Wildman–Crippen LogP) is 4.32. The fourth-order valence-corrected chi connectivity index (χ4v) is 3.17.